The maximum Gasteiger partial charge on any atom is 0.185 e. The van der Waals surface area contributed by atoms with E-state index in [1.807, 2.05) is 6.07 Å². The fraction of sp³-hybridized carbons (Fsp3) is 0.133. The maximum absolute atomic E-state index is 11.8. The highest BCUT2D eigenvalue weighted by Gasteiger charge is 2.23. The summed E-state index contributed by atoms with van der Waals surface area (Å²) in [6.07, 6.45) is 3.07. The molecule has 0 radical (unpaired) electrons. The Morgan fingerprint density at radius 3 is 2.53 bits per heavy atom. The Hall–Kier alpha value is -2.17. The number of ketones is 1. The molecule has 0 saturated carbocycles. The van der Waals surface area contributed by atoms with E-state index in [4.69, 9.17) is 0 Å². The van der Waals surface area contributed by atoms with E-state index in [-0.39, 0.29) is 11.5 Å². The third kappa shape index (κ3) is 2.99. The van der Waals surface area contributed by atoms with Crippen LogP contribution in [0.3, 0.4) is 0 Å². The molecule has 0 aliphatic heterocycles. The predicted octanol–water partition coefficient (Wildman–Crippen LogP) is 1.53. The first-order valence-electron chi connectivity index (χ1n) is 5.84. The van der Waals surface area contributed by atoms with E-state index in [0.717, 1.165) is 0 Å². The van der Waals surface area contributed by atoms with E-state index in [0.29, 0.717) is 11.1 Å². The lowest BCUT2D eigenvalue weighted by atomic mass is 9.99. The summed E-state index contributed by atoms with van der Waals surface area (Å²) in [6, 6.07) is 8.72. The molecule has 3 N–H and O–H groups in total. The summed E-state index contributed by atoms with van der Waals surface area (Å²) in [5.74, 6) is -0.540. The van der Waals surface area contributed by atoms with Gasteiger partial charge in [-0.3, -0.25) is 4.79 Å². The van der Waals surface area contributed by atoms with Crippen molar-refractivity contribution in [2.45, 2.75) is 12.2 Å². The number of benzene rings is 1. The van der Waals surface area contributed by atoms with Gasteiger partial charge in [0, 0.05) is 11.1 Å². The van der Waals surface area contributed by atoms with E-state index in [9.17, 15) is 20.1 Å². The number of carbonyl (C=O) groups is 1. The Balaban J connectivity index is 2.16. The minimum Gasteiger partial charge on any atom is -0.509 e. The van der Waals surface area contributed by atoms with Crippen molar-refractivity contribution in [3.8, 4) is 0 Å². The van der Waals surface area contributed by atoms with Crippen LogP contribution in [0, 0.1) is 0 Å². The Morgan fingerprint density at radius 2 is 1.84 bits per heavy atom. The Kier molecular flexibility index (Phi) is 3.94. The largest absolute Gasteiger partial charge is 0.509 e. The van der Waals surface area contributed by atoms with Crippen molar-refractivity contribution in [1.82, 2.24) is 0 Å². The van der Waals surface area contributed by atoms with Crippen LogP contribution < -0.4 is 0 Å². The van der Waals surface area contributed by atoms with Crippen molar-refractivity contribution in [2.75, 3.05) is 0 Å². The first-order chi connectivity index (χ1) is 9.09. The van der Waals surface area contributed by atoms with Crippen LogP contribution in [0.1, 0.15) is 10.4 Å². The average Bonchev–Trinajstić information content (AvgIpc) is 2.45. The molecule has 1 aliphatic rings. The normalized spacial score (nSPS) is 23.1. The van der Waals surface area contributed by atoms with Gasteiger partial charge in [-0.25, -0.2) is 0 Å². The molecule has 98 valence electrons. The molecular formula is C15H14O4. The summed E-state index contributed by atoms with van der Waals surface area (Å²) in [5, 5.41) is 28.4. The smallest absolute Gasteiger partial charge is 0.185 e. The lowest BCUT2D eigenvalue weighted by molar-refractivity contribution is 0.0423. The predicted molar refractivity (Wildman–Crippen MR) is 70.7 cm³/mol. The second kappa shape index (κ2) is 5.65. The molecule has 0 fully saturated rings. The summed E-state index contributed by atoms with van der Waals surface area (Å²) in [4.78, 5) is 11.8. The van der Waals surface area contributed by atoms with E-state index in [1.54, 1.807) is 24.3 Å². The van der Waals surface area contributed by atoms with Crippen LogP contribution in [0.15, 0.2) is 66.0 Å². The van der Waals surface area contributed by atoms with Crippen LogP contribution in [-0.4, -0.2) is 33.3 Å². The zero-order valence-corrected chi connectivity index (χ0v) is 10.1. The average molecular weight is 258 g/mol. The zero-order chi connectivity index (χ0) is 13.8. The van der Waals surface area contributed by atoms with Crippen molar-refractivity contribution in [3.05, 3.63) is 71.5 Å². The molecular weight excluding hydrogens is 244 g/mol. The number of aliphatic hydroxyl groups is 3. The van der Waals surface area contributed by atoms with Crippen LogP contribution in [-0.2, 0) is 0 Å². The number of aliphatic hydroxyl groups excluding tert-OH is 3. The number of allylic oxidation sites excluding steroid dienone is 4. The Bertz CT molecular complexity index is 555. The highest BCUT2D eigenvalue weighted by molar-refractivity contribution is 6.04. The van der Waals surface area contributed by atoms with Gasteiger partial charge in [0.15, 0.2) is 5.78 Å². The molecule has 19 heavy (non-hydrogen) atoms. The number of carbonyl (C=O) groups excluding carboxylic acids is 1. The van der Waals surface area contributed by atoms with Gasteiger partial charge in [0.1, 0.15) is 18.0 Å². The molecule has 0 heterocycles. The lowest BCUT2D eigenvalue weighted by Gasteiger charge is -2.19. The summed E-state index contributed by atoms with van der Waals surface area (Å²) >= 11 is 0. The van der Waals surface area contributed by atoms with Gasteiger partial charge in [0.05, 0.1) is 0 Å². The van der Waals surface area contributed by atoms with E-state index in [1.165, 1.54) is 24.3 Å². The van der Waals surface area contributed by atoms with E-state index < -0.39 is 12.2 Å². The molecule has 4 heteroatoms. The first kappa shape index (κ1) is 13.3. The summed E-state index contributed by atoms with van der Waals surface area (Å²) in [5.41, 5.74) is 0.848. The first-order valence-corrected chi connectivity index (χ1v) is 5.84. The molecule has 0 amide bonds. The monoisotopic (exact) mass is 258 g/mol. The molecule has 1 aromatic rings. The third-order valence-electron chi connectivity index (χ3n) is 2.84. The minimum absolute atomic E-state index is 0.199. The second-order valence-electron chi connectivity index (χ2n) is 4.20. The molecule has 0 saturated heterocycles. The second-order valence-corrected chi connectivity index (χ2v) is 4.20. The fourth-order valence-electron chi connectivity index (χ4n) is 1.73. The maximum atomic E-state index is 11.8. The summed E-state index contributed by atoms with van der Waals surface area (Å²) in [6.45, 7) is 0. The van der Waals surface area contributed by atoms with Crippen molar-refractivity contribution >= 4 is 5.78 Å². The highest BCUT2D eigenvalue weighted by Crippen LogP contribution is 2.19. The van der Waals surface area contributed by atoms with E-state index >= 15 is 0 Å². The molecule has 0 spiro atoms. The van der Waals surface area contributed by atoms with Gasteiger partial charge in [0.2, 0.25) is 0 Å². The molecule has 1 aromatic carbocycles. The van der Waals surface area contributed by atoms with Crippen LogP contribution in [0.4, 0.5) is 0 Å². The van der Waals surface area contributed by atoms with Crippen LogP contribution in [0.25, 0.3) is 0 Å². The van der Waals surface area contributed by atoms with Crippen LogP contribution in [0.2, 0.25) is 0 Å². The van der Waals surface area contributed by atoms with Crippen molar-refractivity contribution in [1.29, 1.82) is 0 Å². The molecule has 2 rings (SSSR count). The number of hydrogen-bond donors (Lipinski definition) is 3. The topological polar surface area (TPSA) is 77.8 Å². The third-order valence-corrected chi connectivity index (χ3v) is 2.84. The van der Waals surface area contributed by atoms with Crippen molar-refractivity contribution in [2.24, 2.45) is 0 Å². The van der Waals surface area contributed by atoms with Gasteiger partial charge in [-0.1, -0.05) is 42.5 Å². The highest BCUT2D eigenvalue weighted by atomic mass is 16.4. The zero-order valence-electron chi connectivity index (χ0n) is 10.1. The quantitative estimate of drug-likeness (QED) is 0.567. The van der Waals surface area contributed by atoms with Gasteiger partial charge >= 0.3 is 0 Å². The van der Waals surface area contributed by atoms with Gasteiger partial charge in [-0.05, 0) is 12.2 Å². The molecule has 2 atom stereocenters. The molecule has 0 bridgehead atoms. The molecule has 4 nitrogen and oxygen atoms in total. The molecule has 1 aliphatic carbocycles. The molecule has 2 unspecified atom stereocenters. The van der Waals surface area contributed by atoms with Crippen molar-refractivity contribution in [3.63, 3.8) is 0 Å². The lowest BCUT2D eigenvalue weighted by Crippen LogP contribution is -2.29. The SMILES string of the molecule is O=C(C=CC1=C(O)C(O)C(O)C=C1)c1ccccc1. The number of rotatable bonds is 3. The Morgan fingerprint density at radius 1 is 1.16 bits per heavy atom. The van der Waals surface area contributed by atoms with Gasteiger partial charge in [-0.2, -0.15) is 0 Å². The van der Waals surface area contributed by atoms with Gasteiger partial charge < -0.3 is 15.3 Å². The van der Waals surface area contributed by atoms with Crippen molar-refractivity contribution < 1.29 is 20.1 Å². The van der Waals surface area contributed by atoms with E-state index in [2.05, 4.69) is 0 Å². The van der Waals surface area contributed by atoms with Crippen LogP contribution in [0.5, 0.6) is 0 Å². The summed E-state index contributed by atoms with van der Waals surface area (Å²) in [7, 11) is 0. The Labute approximate surface area is 110 Å². The fourth-order valence-corrected chi connectivity index (χ4v) is 1.73. The van der Waals surface area contributed by atoms with Gasteiger partial charge in [0.25, 0.3) is 0 Å². The number of hydrogen-bond acceptors (Lipinski definition) is 4. The summed E-state index contributed by atoms with van der Waals surface area (Å²) < 4.78 is 0. The van der Waals surface area contributed by atoms with Crippen LogP contribution >= 0.6 is 0 Å². The minimum atomic E-state index is -1.35. The standard InChI is InChI=1S/C15H14O4/c16-12(10-4-2-1-3-5-10)8-6-11-7-9-13(17)15(19)14(11)18/h1-9,13,15,17-19H. The van der Waals surface area contributed by atoms with Gasteiger partial charge in [-0.15, -0.1) is 0 Å². The molecule has 0 aromatic heterocycles.